The standard InChI is InChI=1S/C11H20N6OS2/c1-7(15-10(18)13-2)5-14-8-3-4-17(6-9(8)19)11(20)16-12/h5,14,19H,3-4,6,12H2,1-2H3,(H,16,20)(H2,13,15,18)/b7-5-. The molecule has 1 rings (SSSR count). The van der Waals surface area contributed by atoms with E-state index in [1.165, 1.54) is 0 Å². The number of urea groups is 1. The maximum atomic E-state index is 11.1. The molecule has 0 aromatic rings. The lowest BCUT2D eigenvalue weighted by Crippen LogP contribution is -2.46. The van der Waals surface area contributed by atoms with Crippen molar-refractivity contribution in [3.63, 3.8) is 0 Å². The van der Waals surface area contributed by atoms with Gasteiger partial charge in [0.2, 0.25) is 0 Å². The van der Waals surface area contributed by atoms with Crippen molar-refractivity contribution in [2.24, 2.45) is 5.84 Å². The fourth-order valence-electron chi connectivity index (χ4n) is 1.64. The van der Waals surface area contributed by atoms with Crippen molar-refractivity contribution in [3.05, 3.63) is 22.5 Å². The third-order valence-electron chi connectivity index (χ3n) is 2.73. The first kappa shape index (κ1) is 16.6. The van der Waals surface area contributed by atoms with E-state index < -0.39 is 0 Å². The first-order chi connectivity index (χ1) is 9.47. The first-order valence-electron chi connectivity index (χ1n) is 6.06. The summed E-state index contributed by atoms with van der Waals surface area (Å²) < 4.78 is 0. The van der Waals surface area contributed by atoms with Crippen LogP contribution in [-0.4, -0.2) is 36.2 Å². The lowest BCUT2D eigenvalue weighted by Gasteiger charge is -2.30. The summed E-state index contributed by atoms with van der Waals surface area (Å²) in [6.07, 6.45) is 2.50. The molecule has 1 aliphatic heterocycles. The second kappa shape index (κ2) is 7.98. The van der Waals surface area contributed by atoms with Gasteiger partial charge in [-0.25, -0.2) is 10.6 Å². The Morgan fingerprint density at radius 3 is 2.80 bits per heavy atom. The minimum Gasteiger partial charge on any atom is -0.363 e. The van der Waals surface area contributed by atoms with Crippen molar-refractivity contribution in [2.75, 3.05) is 20.1 Å². The summed E-state index contributed by atoms with van der Waals surface area (Å²) in [6, 6.07) is -0.255. The number of nitrogens with two attached hydrogens (primary N) is 1. The number of hydrogen-bond acceptors (Lipinski definition) is 5. The second-order valence-electron chi connectivity index (χ2n) is 4.22. The van der Waals surface area contributed by atoms with Crippen LogP contribution in [0.4, 0.5) is 4.79 Å². The molecule has 0 radical (unpaired) electrons. The molecule has 0 aliphatic carbocycles. The van der Waals surface area contributed by atoms with Gasteiger partial charge in [-0.05, 0) is 19.1 Å². The molecule has 0 fully saturated rings. The highest BCUT2D eigenvalue weighted by molar-refractivity contribution is 7.84. The summed E-state index contributed by atoms with van der Waals surface area (Å²) in [5, 5.41) is 8.80. The first-order valence-corrected chi connectivity index (χ1v) is 6.92. The zero-order chi connectivity index (χ0) is 15.1. The fraction of sp³-hybridized carbons (Fsp3) is 0.455. The zero-order valence-electron chi connectivity index (χ0n) is 11.5. The molecule has 0 atom stereocenters. The van der Waals surface area contributed by atoms with Gasteiger partial charge in [-0.3, -0.25) is 0 Å². The largest absolute Gasteiger partial charge is 0.363 e. The van der Waals surface area contributed by atoms with E-state index in [2.05, 4.69) is 34.0 Å². The van der Waals surface area contributed by atoms with Gasteiger partial charge < -0.3 is 26.3 Å². The van der Waals surface area contributed by atoms with Crippen LogP contribution in [0, 0.1) is 0 Å². The molecule has 0 spiro atoms. The number of nitrogens with zero attached hydrogens (tertiary/aromatic N) is 1. The van der Waals surface area contributed by atoms with E-state index in [-0.39, 0.29) is 6.03 Å². The number of allylic oxidation sites excluding steroid dienone is 1. The summed E-state index contributed by atoms with van der Waals surface area (Å²) in [5.41, 5.74) is 4.17. The lowest BCUT2D eigenvalue weighted by molar-refractivity contribution is 0.245. The summed E-state index contributed by atoms with van der Waals surface area (Å²) in [7, 11) is 1.56. The summed E-state index contributed by atoms with van der Waals surface area (Å²) in [5.74, 6) is 5.30. The number of hydrogen-bond donors (Lipinski definition) is 6. The molecule has 0 unspecified atom stereocenters. The molecule has 112 valence electrons. The summed E-state index contributed by atoms with van der Waals surface area (Å²) >= 11 is 9.54. The number of amides is 2. The topological polar surface area (TPSA) is 94.5 Å². The zero-order valence-corrected chi connectivity index (χ0v) is 13.2. The lowest BCUT2D eigenvalue weighted by atomic mass is 10.2. The molecule has 0 aromatic heterocycles. The van der Waals surface area contributed by atoms with Gasteiger partial charge in [0.05, 0.1) is 6.54 Å². The van der Waals surface area contributed by atoms with Crippen molar-refractivity contribution in [3.8, 4) is 0 Å². The van der Waals surface area contributed by atoms with Gasteiger partial charge in [0, 0.05) is 42.5 Å². The SMILES string of the molecule is CNC(=O)N/C(C)=C\NC1=C(S)CN(C(=S)NN)CC1. The molecular weight excluding hydrogens is 296 g/mol. The van der Waals surface area contributed by atoms with Gasteiger partial charge >= 0.3 is 6.03 Å². The Morgan fingerprint density at radius 1 is 1.55 bits per heavy atom. The normalized spacial score (nSPS) is 15.8. The highest BCUT2D eigenvalue weighted by Gasteiger charge is 2.18. The van der Waals surface area contributed by atoms with Gasteiger partial charge in [0.25, 0.3) is 0 Å². The van der Waals surface area contributed by atoms with Crippen LogP contribution in [0.3, 0.4) is 0 Å². The average molecular weight is 316 g/mol. The smallest absolute Gasteiger partial charge is 0.318 e. The third kappa shape index (κ3) is 4.91. The highest BCUT2D eigenvalue weighted by atomic mass is 32.1. The van der Waals surface area contributed by atoms with Crippen LogP contribution in [0.2, 0.25) is 0 Å². The second-order valence-corrected chi connectivity index (χ2v) is 5.15. The van der Waals surface area contributed by atoms with Crippen LogP contribution in [0.1, 0.15) is 13.3 Å². The molecule has 7 nitrogen and oxygen atoms in total. The van der Waals surface area contributed by atoms with E-state index in [0.717, 1.165) is 23.6 Å². The van der Waals surface area contributed by atoms with E-state index in [0.29, 0.717) is 17.4 Å². The van der Waals surface area contributed by atoms with Crippen molar-refractivity contribution in [2.45, 2.75) is 13.3 Å². The molecule has 0 aromatic carbocycles. The van der Waals surface area contributed by atoms with Crippen LogP contribution >= 0.6 is 24.8 Å². The van der Waals surface area contributed by atoms with Crippen LogP contribution in [0.25, 0.3) is 0 Å². The Hall–Kier alpha value is -1.45. The molecule has 1 heterocycles. The van der Waals surface area contributed by atoms with Crippen molar-refractivity contribution in [1.82, 2.24) is 26.3 Å². The Morgan fingerprint density at radius 2 is 2.25 bits per heavy atom. The minimum absolute atomic E-state index is 0.255. The quantitative estimate of drug-likeness (QED) is 0.189. The molecule has 0 bridgehead atoms. The third-order valence-corrected chi connectivity index (χ3v) is 3.52. The Labute approximate surface area is 129 Å². The fourth-order valence-corrected chi connectivity index (χ4v) is 2.14. The number of hydrazine groups is 1. The van der Waals surface area contributed by atoms with E-state index in [1.54, 1.807) is 20.2 Å². The van der Waals surface area contributed by atoms with Crippen LogP contribution in [0.15, 0.2) is 22.5 Å². The number of nitrogens with one attached hydrogen (secondary N) is 4. The molecular formula is C11H20N6OS2. The number of carbonyl (C=O) groups excluding carboxylic acids is 1. The Kier molecular flexibility index (Phi) is 6.62. The molecule has 1 aliphatic rings. The maximum absolute atomic E-state index is 11.1. The predicted octanol–water partition coefficient (Wildman–Crippen LogP) is -0.0384. The van der Waals surface area contributed by atoms with Gasteiger partial charge in [-0.15, -0.1) is 12.6 Å². The van der Waals surface area contributed by atoms with Crippen molar-refractivity contribution < 1.29 is 4.79 Å². The number of thiocarbonyl (C=S) groups is 1. The van der Waals surface area contributed by atoms with Crippen LogP contribution in [0.5, 0.6) is 0 Å². The van der Waals surface area contributed by atoms with E-state index in [9.17, 15) is 4.79 Å². The monoisotopic (exact) mass is 316 g/mol. The highest BCUT2D eigenvalue weighted by Crippen LogP contribution is 2.18. The molecule has 2 amide bonds. The van der Waals surface area contributed by atoms with Crippen molar-refractivity contribution in [1.29, 1.82) is 0 Å². The Balaban J connectivity index is 2.58. The molecule has 6 N–H and O–H groups in total. The number of thiol groups is 1. The summed E-state index contributed by atoms with van der Waals surface area (Å²) in [6.45, 7) is 3.15. The molecule has 9 heteroatoms. The van der Waals surface area contributed by atoms with E-state index in [4.69, 9.17) is 18.1 Å². The van der Waals surface area contributed by atoms with Crippen LogP contribution in [-0.2, 0) is 0 Å². The molecule has 20 heavy (non-hydrogen) atoms. The summed E-state index contributed by atoms with van der Waals surface area (Å²) in [4.78, 5) is 14.0. The Bertz CT molecular complexity index is 448. The number of rotatable bonds is 3. The predicted molar refractivity (Wildman–Crippen MR) is 86.6 cm³/mol. The average Bonchev–Trinajstić information content (AvgIpc) is 2.44. The van der Waals surface area contributed by atoms with Gasteiger partial charge in [0.15, 0.2) is 5.11 Å². The number of carbonyl (C=O) groups is 1. The van der Waals surface area contributed by atoms with E-state index >= 15 is 0 Å². The minimum atomic E-state index is -0.255. The molecule has 0 saturated carbocycles. The van der Waals surface area contributed by atoms with Gasteiger partial charge in [-0.2, -0.15) is 0 Å². The van der Waals surface area contributed by atoms with E-state index in [1.807, 2.05) is 4.90 Å². The molecule has 0 saturated heterocycles. The van der Waals surface area contributed by atoms with Gasteiger partial charge in [-0.1, -0.05) is 0 Å². The van der Waals surface area contributed by atoms with Crippen LogP contribution < -0.4 is 27.2 Å². The van der Waals surface area contributed by atoms with Gasteiger partial charge in [0.1, 0.15) is 0 Å². The maximum Gasteiger partial charge on any atom is 0.318 e. The van der Waals surface area contributed by atoms with Crippen molar-refractivity contribution >= 4 is 36.0 Å².